The van der Waals surface area contributed by atoms with E-state index in [2.05, 4.69) is 15.4 Å². The zero-order chi connectivity index (χ0) is 21.7. The SMILES string of the molecule is CCCCNC(=O)CN1C(C)=C(C(=O)OCC)[C@H](c2ccc(F)cc2)n2ncnc21. The lowest BCUT2D eigenvalue weighted by Crippen LogP contribution is -2.42. The van der Waals surface area contributed by atoms with Gasteiger partial charge in [-0.1, -0.05) is 25.5 Å². The molecule has 0 saturated carbocycles. The predicted octanol–water partition coefficient (Wildman–Crippen LogP) is 2.58. The number of nitrogens with one attached hydrogen (secondary N) is 1. The lowest BCUT2D eigenvalue weighted by Gasteiger charge is -2.35. The van der Waals surface area contributed by atoms with Crippen molar-refractivity contribution < 1.29 is 18.7 Å². The molecule has 1 aromatic carbocycles. The van der Waals surface area contributed by atoms with Gasteiger partial charge in [-0.2, -0.15) is 10.1 Å². The largest absolute Gasteiger partial charge is 0.463 e. The summed E-state index contributed by atoms with van der Waals surface area (Å²) in [5.41, 5.74) is 1.55. The van der Waals surface area contributed by atoms with Gasteiger partial charge in [0.1, 0.15) is 24.7 Å². The van der Waals surface area contributed by atoms with E-state index in [0.717, 1.165) is 12.8 Å². The van der Waals surface area contributed by atoms with Crippen LogP contribution in [-0.2, 0) is 14.3 Å². The molecule has 1 aromatic heterocycles. The third-order valence-corrected chi connectivity index (χ3v) is 4.94. The Balaban J connectivity index is 2.03. The van der Waals surface area contributed by atoms with Crippen molar-refractivity contribution in [3.8, 4) is 0 Å². The summed E-state index contributed by atoms with van der Waals surface area (Å²) in [6, 6.07) is 5.23. The van der Waals surface area contributed by atoms with Crippen molar-refractivity contribution in [1.29, 1.82) is 0 Å². The van der Waals surface area contributed by atoms with Crippen molar-refractivity contribution in [2.45, 2.75) is 39.7 Å². The Morgan fingerprint density at radius 3 is 2.63 bits per heavy atom. The molecule has 3 rings (SSSR count). The van der Waals surface area contributed by atoms with Crippen LogP contribution in [0.15, 0.2) is 41.9 Å². The Morgan fingerprint density at radius 1 is 1.23 bits per heavy atom. The zero-order valence-corrected chi connectivity index (χ0v) is 17.4. The van der Waals surface area contributed by atoms with Gasteiger partial charge < -0.3 is 15.0 Å². The summed E-state index contributed by atoms with van der Waals surface area (Å²) in [5.74, 6) is -0.639. The van der Waals surface area contributed by atoms with Gasteiger partial charge in [0.15, 0.2) is 0 Å². The Hall–Kier alpha value is -3.23. The Labute approximate surface area is 174 Å². The van der Waals surface area contributed by atoms with E-state index >= 15 is 0 Å². The van der Waals surface area contributed by atoms with Crippen LogP contribution in [-0.4, -0.2) is 46.3 Å². The Bertz CT molecular complexity index is 938. The first kappa shape index (κ1) is 21.5. The fourth-order valence-electron chi connectivity index (χ4n) is 3.45. The quantitative estimate of drug-likeness (QED) is 0.527. The van der Waals surface area contributed by atoms with Crippen molar-refractivity contribution in [2.75, 3.05) is 24.6 Å². The first-order valence-electron chi connectivity index (χ1n) is 10.0. The molecule has 1 atom stereocenters. The van der Waals surface area contributed by atoms with Crippen LogP contribution in [0, 0.1) is 5.82 Å². The lowest BCUT2D eigenvalue weighted by atomic mass is 9.95. The Kier molecular flexibility index (Phi) is 6.81. The number of benzene rings is 1. The number of esters is 1. The van der Waals surface area contributed by atoms with E-state index < -0.39 is 12.0 Å². The van der Waals surface area contributed by atoms with Gasteiger partial charge >= 0.3 is 5.97 Å². The summed E-state index contributed by atoms with van der Waals surface area (Å²) >= 11 is 0. The number of fused-ring (bicyclic) bond motifs is 1. The number of carbonyl (C=O) groups excluding carboxylic acids is 2. The molecule has 0 radical (unpaired) electrons. The van der Waals surface area contributed by atoms with Crippen molar-refractivity contribution in [3.05, 3.63) is 53.2 Å². The monoisotopic (exact) mass is 415 g/mol. The van der Waals surface area contributed by atoms with Gasteiger partial charge in [-0.3, -0.25) is 4.79 Å². The number of hydrogen-bond acceptors (Lipinski definition) is 6. The molecular formula is C21H26FN5O3. The highest BCUT2D eigenvalue weighted by Gasteiger charge is 2.38. The third-order valence-electron chi connectivity index (χ3n) is 4.94. The first-order chi connectivity index (χ1) is 14.5. The van der Waals surface area contributed by atoms with E-state index in [0.29, 0.717) is 29.3 Å². The highest BCUT2D eigenvalue weighted by Crippen LogP contribution is 2.38. The number of anilines is 1. The van der Waals surface area contributed by atoms with Crippen LogP contribution in [0.3, 0.4) is 0 Å². The molecule has 160 valence electrons. The molecule has 1 aliphatic rings. The number of nitrogens with zero attached hydrogens (tertiary/aromatic N) is 4. The van der Waals surface area contributed by atoms with E-state index in [1.807, 2.05) is 6.92 Å². The summed E-state index contributed by atoms with van der Waals surface area (Å²) in [6.45, 7) is 6.30. The maximum Gasteiger partial charge on any atom is 0.338 e. The average molecular weight is 415 g/mol. The Morgan fingerprint density at radius 2 is 1.97 bits per heavy atom. The summed E-state index contributed by atoms with van der Waals surface area (Å²) in [7, 11) is 0. The number of hydrogen-bond donors (Lipinski definition) is 1. The molecule has 1 aliphatic heterocycles. The molecule has 0 bridgehead atoms. The number of ether oxygens (including phenoxy) is 1. The lowest BCUT2D eigenvalue weighted by molar-refractivity contribution is -0.139. The zero-order valence-electron chi connectivity index (χ0n) is 17.4. The molecule has 2 aromatic rings. The molecule has 1 N–H and O–H groups in total. The summed E-state index contributed by atoms with van der Waals surface area (Å²) in [6.07, 6.45) is 3.23. The van der Waals surface area contributed by atoms with E-state index in [4.69, 9.17) is 4.74 Å². The number of amides is 1. The molecule has 0 fully saturated rings. The van der Waals surface area contributed by atoms with Crippen LogP contribution >= 0.6 is 0 Å². The number of carbonyl (C=O) groups is 2. The topological polar surface area (TPSA) is 89.4 Å². The molecule has 0 aliphatic carbocycles. The molecule has 9 heteroatoms. The van der Waals surface area contributed by atoms with Gasteiger partial charge in [-0.15, -0.1) is 0 Å². The van der Waals surface area contributed by atoms with Crippen molar-refractivity contribution in [1.82, 2.24) is 20.1 Å². The molecule has 8 nitrogen and oxygen atoms in total. The summed E-state index contributed by atoms with van der Waals surface area (Å²) in [5, 5.41) is 7.17. The number of aromatic nitrogens is 3. The smallest absolute Gasteiger partial charge is 0.338 e. The molecule has 1 amide bonds. The van der Waals surface area contributed by atoms with Crippen molar-refractivity contribution in [3.63, 3.8) is 0 Å². The normalized spacial score (nSPS) is 15.7. The standard InChI is InChI=1S/C21H26FN5O3/c1-4-6-11-23-17(28)12-26-14(3)18(20(29)30-5-2)19(27-21(26)24-13-25-27)15-7-9-16(22)10-8-15/h7-10,13,19H,4-6,11-12H2,1-3H3,(H,23,28)/t19-/m0/s1. The van der Waals surface area contributed by atoms with E-state index in [-0.39, 0.29) is 24.9 Å². The van der Waals surface area contributed by atoms with Gasteiger partial charge in [-0.25, -0.2) is 13.9 Å². The van der Waals surface area contributed by atoms with Crippen LogP contribution in [0.5, 0.6) is 0 Å². The summed E-state index contributed by atoms with van der Waals surface area (Å²) < 4.78 is 20.3. The fourth-order valence-corrected chi connectivity index (χ4v) is 3.45. The minimum atomic E-state index is -0.637. The minimum Gasteiger partial charge on any atom is -0.463 e. The van der Waals surface area contributed by atoms with Gasteiger partial charge in [-0.05, 0) is 38.0 Å². The van der Waals surface area contributed by atoms with Gasteiger partial charge in [0.2, 0.25) is 11.9 Å². The fraction of sp³-hybridized carbons (Fsp3) is 0.429. The van der Waals surface area contributed by atoms with Crippen LogP contribution < -0.4 is 10.2 Å². The van der Waals surface area contributed by atoms with Crippen molar-refractivity contribution in [2.24, 2.45) is 0 Å². The first-order valence-corrected chi connectivity index (χ1v) is 10.0. The number of halogens is 1. The molecule has 2 heterocycles. The molecule has 0 saturated heterocycles. The number of rotatable bonds is 8. The van der Waals surface area contributed by atoms with Crippen molar-refractivity contribution >= 4 is 17.8 Å². The average Bonchev–Trinajstić information content (AvgIpc) is 3.20. The molecule has 0 spiro atoms. The van der Waals surface area contributed by atoms with Crippen LogP contribution in [0.4, 0.5) is 10.3 Å². The highest BCUT2D eigenvalue weighted by atomic mass is 19.1. The molecule has 30 heavy (non-hydrogen) atoms. The van der Waals surface area contributed by atoms with E-state index in [1.165, 1.54) is 18.5 Å². The minimum absolute atomic E-state index is 0.00666. The van der Waals surface area contributed by atoms with Gasteiger partial charge in [0.25, 0.3) is 0 Å². The van der Waals surface area contributed by atoms with Crippen LogP contribution in [0.1, 0.15) is 45.2 Å². The number of unbranched alkanes of at least 4 members (excludes halogenated alkanes) is 1. The molecule has 0 unspecified atom stereocenters. The van der Waals surface area contributed by atoms with Gasteiger partial charge in [0.05, 0.1) is 12.2 Å². The van der Waals surface area contributed by atoms with Crippen LogP contribution in [0.2, 0.25) is 0 Å². The second kappa shape index (κ2) is 9.51. The molecular weight excluding hydrogens is 389 g/mol. The maximum atomic E-state index is 13.5. The number of allylic oxidation sites excluding steroid dienone is 1. The predicted molar refractivity (Wildman–Crippen MR) is 109 cm³/mol. The summed E-state index contributed by atoms with van der Waals surface area (Å²) in [4.78, 5) is 31.3. The van der Waals surface area contributed by atoms with Gasteiger partial charge in [0, 0.05) is 12.2 Å². The van der Waals surface area contributed by atoms with E-state index in [9.17, 15) is 14.0 Å². The maximum absolute atomic E-state index is 13.5. The second-order valence-electron chi connectivity index (χ2n) is 6.97. The van der Waals surface area contributed by atoms with Crippen LogP contribution in [0.25, 0.3) is 0 Å². The highest BCUT2D eigenvalue weighted by molar-refractivity contribution is 5.93. The van der Waals surface area contributed by atoms with E-state index in [1.54, 1.807) is 35.6 Å². The second-order valence-corrected chi connectivity index (χ2v) is 6.97. The third kappa shape index (κ3) is 4.34.